The molecule has 0 amide bonds. The monoisotopic (exact) mass is 465 g/mol. The van der Waals surface area contributed by atoms with Gasteiger partial charge in [0.05, 0.1) is 7.11 Å². The summed E-state index contributed by atoms with van der Waals surface area (Å²) in [4.78, 5) is 25.5. The summed E-state index contributed by atoms with van der Waals surface area (Å²) < 4.78 is 10.6. The quantitative estimate of drug-likeness (QED) is 0.392. The minimum atomic E-state index is -0.666. The first-order valence-corrected chi connectivity index (χ1v) is 12.1. The van der Waals surface area contributed by atoms with Crippen LogP contribution in [-0.4, -0.2) is 31.1 Å². The molecule has 0 aliphatic carbocycles. The van der Waals surface area contributed by atoms with Crippen molar-refractivity contribution in [2.24, 2.45) is 5.92 Å². The van der Waals surface area contributed by atoms with Crippen molar-refractivity contribution < 1.29 is 19.1 Å². The second kappa shape index (κ2) is 12.3. The Morgan fingerprint density at radius 2 is 1.67 bits per heavy atom. The van der Waals surface area contributed by atoms with Crippen LogP contribution in [0.25, 0.3) is 11.1 Å². The van der Waals surface area contributed by atoms with Crippen LogP contribution in [0.4, 0.5) is 0 Å². The number of rotatable bonds is 11. The predicted molar refractivity (Wildman–Crippen MR) is 132 cm³/mol. The number of nitrogens with one attached hydrogen (secondary N) is 1. The molecule has 0 bridgehead atoms. The number of thiophene rings is 1. The van der Waals surface area contributed by atoms with Crippen LogP contribution in [0, 0.1) is 5.92 Å². The SMILES string of the molecule is COC(=O)[C@H](Cc1cccc(-c2ccsc2)c1)N[C@@H](CC(C)C)C(=O)OCc1ccccc1. The summed E-state index contributed by atoms with van der Waals surface area (Å²) in [6, 6.07) is 18.4. The molecule has 3 aromatic rings. The maximum absolute atomic E-state index is 12.9. The summed E-state index contributed by atoms with van der Waals surface area (Å²) in [6.07, 6.45) is 0.960. The Morgan fingerprint density at radius 1 is 0.909 bits per heavy atom. The Bertz CT molecular complexity index is 1020. The molecule has 0 fully saturated rings. The van der Waals surface area contributed by atoms with Gasteiger partial charge in [0.15, 0.2) is 0 Å². The van der Waals surface area contributed by atoms with E-state index in [2.05, 4.69) is 28.9 Å². The van der Waals surface area contributed by atoms with Gasteiger partial charge in [0.25, 0.3) is 0 Å². The van der Waals surface area contributed by atoms with Crippen molar-refractivity contribution in [3.63, 3.8) is 0 Å². The molecule has 2 atom stereocenters. The van der Waals surface area contributed by atoms with Crippen LogP contribution in [0.15, 0.2) is 71.4 Å². The largest absolute Gasteiger partial charge is 0.468 e. The Labute approximate surface area is 199 Å². The standard InChI is InChI=1S/C27H31NO4S/c1-19(2)14-24(27(30)32-17-20-8-5-4-6-9-20)28-25(26(29)31-3)16-21-10-7-11-22(15-21)23-12-13-33-18-23/h4-13,15,18-19,24-25,28H,14,16-17H2,1-3H3/t24-,25-/m0/s1. The van der Waals surface area contributed by atoms with Crippen LogP contribution in [0.3, 0.4) is 0 Å². The molecule has 6 heteroatoms. The fourth-order valence-electron chi connectivity index (χ4n) is 3.67. The van der Waals surface area contributed by atoms with Gasteiger partial charge in [-0.25, -0.2) is 0 Å². The number of carbonyl (C=O) groups excluding carboxylic acids is 2. The van der Waals surface area contributed by atoms with Gasteiger partial charge in [0.2, 0.25) is 0 Å². The van der Waals surface area contributed by atoms with E-state index in [0.717, 1.165) is 22.3 Å². The Hall–Kier alpha value is -2.96. The lowest BCUT2D eigenvalue weighted by molar-refractivity contribution is -0.149. The normalized spacial score (nSPS) is 12.8. The van der Waals surface area contributed by atoms with Gasteiger partial charge in [-0.05, 0) is 57.8 Å². The molecule has 0 radical (unpaired) electrons. The number of benzene rings is 2. The van der Waals surface area contributed by atoms with Crippen molar-refractivity contribution in [2.75, 3.05) is 7.11 Å². The maximum Gasteiger partial charge on any atom is 0.323 e. The van der Waals surface area contributed by atoms with Crippen molar-refractivity contribution in [3.05, 3.63) is 82.6 Å². The predicted octanol–water partition coefficient (Wildman–Crippen LogP) is 5.25. The van der Waals surface area contributed by atoms with E-state index < -0.39 is 18.1 Å². The third-order valence-corrected chi connectivity index (χ3v) is 6.01. The molecular weight excluding hydrogens is 434 g/mol. The molecule has 1 heterocycles. The van der Waals surface area contributed by atoms with Crippen molar-refractivity contribution in [1.29, 1.82) is 0 Å². The van der Waals surface area contributed by atoms with E-state index in [1.807, 2.05) is 61.7 Å². The minimum absolute atomic E-state index is 0.196. The zero-order chi connectivity index (χ0) is 23.6. The maximum atomic E-state index is 12.9. The van der Waals surface area contributed by atoms with Gasteiger partial charge in [-0.1, -0.05) is 68.4 Å². The highest BCUT2D eigenvalue weighted by Gasteiger charge is 2.29. The van der Waals surface area contributed by atoms with Gasteiger partial charge in [0, 0.05) is 0 Å². The number of hydrogen-bond donors (Lipinski definition) is 1. The summed E-state index contributed by atoms with van der Waals surface area (Å²) in [5.41, 5.74) is 4.15. The molecule has 0 aliphatic rings. The zero-order valence-electron chi connectivity index (χ0n) is 19.3. The van der Waals surface area contributed by atoms with E-state index in [1.165, 1.54) is 7.11 Å². The second-order valence-electron chi connectivity index (χ2n) is 8.43. The zero-order valence-corrected chi connectivity index (χ0v) is 20.1. The van der Waals surface area contributed by atoms with E-state index in [4.69, 9.17) is 9.47 Å². The van der Waals surface area contributed by atoms with Crippen LogP contribution >= 0.6 is 11.3 Å². The van der Waals surface area contributed by atoms with Crippen molar-refractivity contribution in [3.8, 4) is 11.1 Å². The molecule has 5 nitrogen and oxygen atoms in total. The molecule has 1 aromatic heterocycles. The number of carbonyl (C=O) groups is 2. The van der Waals surface area contributed by atoms with Gasteiger partial charge in [0.1, 0.15) is 18.7 Å². The van der Waals surface area contributed by atoms with E-state index in [1.54, 1.807) is 11.3 Å². The van der Waals surface area contributed by atoms with Crippen molar-refractivity contribution in [2.45, 2.75) is 45.4 Å². The van der Waals surface area contributed by atoms with E-state index >= 15 is 0 Å². The first kappa shape index (κ1) is 24.7. The summed E-state index contributed by atoms with van der Waals surface area (Å²) in [5, 5.41) is 7.36. The third kappa shape index (κ3) is 7.55. The first-order valence-electron chi connectivity index (χ1n) is 11.1. The lowest BCUT2D eigenvalue weighted by atomic mass is 9.98. The molecule has 2 aromatic carbocycles. The fourth-order valence-corrected chi connectivity index (χ4v) is 4.34. The smallest absolute Gasteiger partial charge is 0.323 e. The number of esters is 2. The number of ether oxygens (including phenoxy) is 2. The molecule has 0 unspecified atom stereocenters. The highest BCUT2D eigenvalue weighted by molar-refractivity contribution is 7.08. The molecule has 0 spiro atoms. The van der Waals surface area contributed by atoms with Crippen LogP contribution in [0.5, 0.6) is 0 Å². The van der Waals surface area contributed by atoms with Gasteiger partial charge in [-0.2, -0.15) is 11.3 Å². The molecule has 0 aliphatic heterocycles. The number of methoxy groups -OCH3 is 1. The Kier molecular flexibility index (Phi) is 9.22. The highest BCUT2D eigenvalue weighted by atomic mass is 32.1. The second-order valence-corrected chi connectivity index (χ2v) is 9.21. The molecule has 3 rings (SSSR count). The van der Waals surface area contributed by atoms with Gasteiger partial charge in [-0.15, -0.1) is 0 Å². The van der Waals surface area contributed by atoms with Crippen LogP contribution in [0.2, 0.25) is 0 Å². The Balaban J connectivity index is 1.73. The summed E-state index contributed by atoms with van der Waals surface area (Å²) in [7, 11) is 1.37. The Morgan fingerprint density at radius 3 is 2.33 bits per heavy atom. The minimum Gasteiger partial charge on any atom is -0.468 e. The van der Waals surface area contributed by atoms with E-state index in [-0.39, 0.29) is 18.5 Å². The van der Waals surface area contributed by atoms with E-state index in [9.17, 15) is 9.59 Å². The molecular formula is C27H31NO4S. The molecule has 174 valence electrons. The lowest BCUT2D eigenvalue weighted by Crippen LogP contribution is -2.49. The summed E-state index contributed by atoms with van der Waals surface area (Å²) >= 11 is 1.65. The molecule has 1 N–H and O–H groups in total. The molecule has 0 saturated carbocycles. The first-order chi connectivity index (χ1) is 16.0. The summed E-state index contributed by atoms with van der Waals surface area (Å²) in [6.45, 7) is 4.27. The number of hydrogen-bond acceptors (Lipinski definition) is 6. The van der Waals surface area contributed by atoms with E-state index in [0.29, 0.717) is 12.8 Å². The average molecular weight is 466 g/mol. The van der Waals surface area contributed by atoms with Crippen LogP contribution in [0.1, 0.15) is 31.4 Å². The summed E-state index contributed by atoms with van der Waals surface area (Å²) in [5.74, 6) is -0.527. The molecule has 0 saturated heterocycles. The third-order valence-electron chi connectivity index (χ3n) is 5.32. The average Bonchev–Trinajstić information content (AvgIpc) is 3.37. The topological polar surface area (TPSA) is 64.6 Å². The van der Waals surface area contributed by atoms with Crippen LogP contribution in [-0.2, 0) is 32.1 Å². The fraction of sp³-hybridized carbons (Fsp3) is 0.333. The van der Waals surface area contributed by atoms with Gasteiger partial charge in [-0.3, -0.25) is 14.9 Å². The highest BCUT2D eigenvalue weighted by Crippen LogP contribution is 2.23. The lowest BCUT2D eigenvalue weighted by Gasteiger charge is -2.24. The van der Waals surface area contributed by atoms with Gasteiger partial charge >= 0.3 is 11.9 Å². The van der Waals surface area contributed by atoms with Gasteiger partial charge < -0.3 is 9.47 Å². The van der Waals surface area contributed by atoms with Crippen molar-refractivity contribution in [1.82, 2.24) is 5.32 Å². The molecule has 33 heavy (non-hydrogen) atoms. The van der Waals surface area contributed by atoms with Crippen molar-refractivity contribution >= 4 is 23.3 Å². The van der Waals surface area contributed by atoms with Crippen LogP contribution < -0.4 is 5.32 Å².